The van der Waals surface area contributed by atoms with Gasteiger partial charge in [-0.1, -0.05) is 0 Å². The number of fused-ring (bicyclic) bond motifs is 1. The third kappa shape index (κ3) is 4.41. The number of rotatable bonds is 3. The SMILES string of the molecule is O=C1COc2nccc(-c3ccoc3)c2CN1Cc1cc(C(F)(F)F)cc(C(F)(F)F)c1. The molecule has 2 aromatic heterocycles. The number of benzene rings is 1. The van der Waals surface area contributed by atoms with Crippen molar-refractivity contribution in [3.63, 3.8) is 0 Å². The smallest absolute Gasteiger partial charge is 0.416 e. The maximum absolute atomic E-state index is 13.2. The van der Waals surface area contributed by atoms with Crippen LogP contribution >= 0.6 is 0 Å². The number of hydrogen-bond acceptors (Lipinski definition) is 4. The number of carbonyl (C=O) groups is 1. The predicted octanol–water partition coefficient (Wildman–Crippen LogP) is 5.30. The second-order valence-electron chi connectivity index (χ2n) is 7.11. The Balaban J connectivity index is 1.72. The maximum atomic E-state index is 13.2. The third-order valence-electron chi connectivity index (χ3n) is 4.90. The second-order valence-corrected chi connectivity index (χ2v) is 7.11. The van der Waals surface area contributed by atoms with Crippen LogP contribution in [-0.4, -0.2) is 22.4 Å². The van der Waals surface area contributed by atoms with Crippen molar-refractivity contribution in [3.8, 4) is 17.0 Å². The van der Waals surface area contributed by atoms with Gasteiger partial charge < -0.3 is 14.1 Å². The summed E-state index contributed by atoms with van der Waals surface area (Å²) in [4.78, 5) is 17.8. The summed E-state index contributed by atoms with van der Waals surface area (Å²) in [7, 11) is 0. The lowest BCUT2D eigenvalue weighted by Crippen LogP contribution is -2.32. The summed E-state index contributed by atoms with van der Waals surface area (Å²) in [6, 6.07) is 4.57. The minimum Gasteiger partial charge on any atom is -0.472 e. The molecule has 1 aromatic carbocycles. The first-order chi connectivity index (χ1) is 15.0. The molecule has 3 aromatic rings. The molecule has 0 N–H and O–H groups in total. The van der Waals surface area contributed by atoms with E-state index in [0.29, 0.717) is 28.8 Å². The van der Waals surface area contributed by atoms with E-state index in [2.05, 4.69) is 4.98 Å². The van der Waals surface area contributed by atoms with Crippen LogP contribution in [0.5, 0.6) is 5.88 Å². The van der Waals surface area contributed by atoms with Crippen molar-refractivity contribution in [1.82, 2.24) is 9.88 Å². The molecule has 0 saturated carbocycles. The molecule has 3 heterocycles. The largest absolute Gasteiger partial charge is 0.472 e. The average Bonchev–Trinajstić information content (AvgIpc) is 3.20. The van der Waals surface area contributed by atoms with E-state index in [0.717, 1.165) is 4.90 Å². The molecule has 168 valence electrons. The van der Waals surface area contributed by atoms with Crippen molar-refractivity contribution in [2.75, 3.05) is 6.61 Å². The Labute approximate surface area is 177 Å². The van der Waals surface area contributed by atoms with Crippen LogP contribution < -0.4 is 4.74 Å². The highest BCUT2D eigenvalue weighted by atomic mass is 19.4. The summed E-state index contributed by atoms with van der Waals surface area (Å²) in [5, 5.41) is 0. The Morgan fingerprint density at radius 2 is 1.69 bits per heavy atom. The minimum atomic E-state index is -4.98. The summed E-state index contributed by atoms with van der Waals surface area (Å²) in [6.07, 6.45) is -5.61. The normalized spacial score (nSPS) is 14.7. The van der Waals surface area contributed by atoms with Gasteiger partial charge >= 0.3 is 12.4 Å². The fourth-order valence-corrected chi connectivity index (χ4v) is 3.41. The molecule has 0 atom stereocenters. The molecule has 1 amide bonds. The Bertz CT molecular complexity index is 1110. The number of halogens is 6. The van der Waals surface area contributed by atoms with E-state index in [-0.39, 0.29) is 24.1 Å². The van der Waals surface area contributed by atoms with Crippen molar-refractivity contribution in [3.05, 3.63) is 71.3 Å². The first kappa shape index (κ1) is 21.7. The van der Waals surface area contributed by atoms with E-state index in [9.17, 15) is 31.1 Å². The number of carbonyl (C=O) groups excluding carboxylic acids is 1. The average molecular weight is 456 g/mol. The number of pyridine rings is 1. The number of nitrogens with zero attached hydrogens (tertiary/aromatic N) is 2. The van der Waals surface area contributed by atoms with Crippen LogP contribution in [0.4, 0.5) is 26.3 Å². The number of furan rings is 1. The maximum Gasteiger partial charge on any atom is 0.416 e. The van der Waals surface area contributed by atoms with Crippen molar-refractivity contribution < 1.29 is 40.3 Å². The van der Waals surface area contributed by atoms with Gasteiger partial charge in [-0.25, -0.2) is 4.98 Å². The zero-order valence-corrected chi connectivity index (χ0v) is 16.1. The van der Waals surface area contributed by atoms with E-state index in [1.54, 1.807) is 12.1 Å². The van der Waals surface area contributed by atoms with Gasteiger partial charge in [-0.15, -0.1) is 0 Å². The Morgan fingerprint density at radius 3 is 2.28 bits per heavy atom. The third-order valence-corrected chi connectivity index (χ3v) is 4.90. The first-order valence-corrected chi connectivity index (χ1v) is 9.22. The molecule has 4 rings (SSSR count). The molecule has 0 saturated heterocycles. The molecule has 5 nitrogen and oxygen atoms in total. The van der Waals surface area contributed by atoms with E-state index in [4.69, 9.17) is 9.15 Å². The summed E-state index contributed by atoms with van der Waals surface area (Å²) in [5.74, 6) is -0.452. The van der Waals surface area contributed by atoms with Crippen LogP contribution in [0.15, 0.2) is 53.5 Å². The standard InChI is InChI=1S/C21H14F6N2O3/c22-20(23,24)14-5-12(6-15(7-14)21(25,26)27)8-29-9-17-16(13-2-4-31-10-13)1-3-28-19(17)32-11-18(29)30/h1-7,10H,8-9,11H2. The quantitative estimate of drug-likeness (QED) is 0.502. The Hall–Kier alpha value is -3.50. The number of aromatic nitrogens is 1. The molecule has 0 spiro atoms. The highest BCUT2D eigenvalue weighted by Gasteiger charge is 2.37. The lowest BCUT2D eigenvalue weighted by molar-refractivity contribution is -0.143. The lowest BCUT2D eigenvalue weighted by atomic mass is 10.0. The van der Waals surface area contributed by atoms with Gasteiger partial charge in [0.2, 0.25) is 5.88 Å². The van der Waals surface area contributed by atoms with Gasteiger partial charge in [-0.05, 0) is 41.5 Å². The number of alkyl halides is 6. The van der Waals surface area contributed by atoms with E-state index < -0.39 is 42.5 Å². The lowest BCUT2D eigenvalue weighted by Gasteiger charge is -2.22. The fraction of sp³-hybridized carbons (Fsp3) is 0.238. The zero-order valence-electron chi connectivity index (χ0n) is 16.1. The van der Waals surface area contributed by atoms with Crippen LogP contribution in [-0.2, 0) is 30.2 Å². The van der Waals surface area contributed by atoms with Crippen LogP contribution in [0.1, 0.15) is 22.3 Å². The van der Waals surface area contributed by atoms with Gasteiger partial charge in [0.05, 0.1) is 30.2 Å². The molecule has 0 bridgehead atoms. The second kappa shape index (κ2) is 7.88. The van der Waals surface area contributed by atoms with Gasteiger partial charge in [0.15, 0.2) is 6.61 Å². The molecule has 0 radical (unpaired) electrons. The Morgan fingerprint density at radius 1 is 1.00 bits per heavy atom. The zero-order chi connectivity index (χ0) is 23.1. The molecular weight excluding hydrogens is 442 g/mol. The van der Waals surface area contributed by atoms with Crippen molar-refractivity contribution in [2.45, 2.75) is 25.4 Å². The fourth-order valence-electron chi connectivity index (χ4n) is 3.41. The van der Waals surface area contributed by atoms with Gasteiger partial charge in [0.1, 0.15) is 0 Å². The minimum absolute atomic E-state index is 0.0487. The monoisotopic (exact) mass is 456 g/mol. The van der Waals surface area contributed by atoms with Crippen molar-refractivity contribution in [2.24, 2.45) is 0 Å². The summed E-state index contributed by atoms with van der Waals surface area (Å²) in [5.41, 5.74) is -1.46. The predicted molar refractivity (Wildman–Crippen MR) is 98.1 cm³/mol. The van der Waals surface area contributed by atoms with Crippen LogP contribution in [0, 0.1) is 0 Å². The van der Waals surface area contributed by atoms with Crippen LogP contribution in [0.25, 0.3) is 11.1 Å². The van der Waals surface area contributed by atoms with Gasteiger partial charge in [0.25, 0.3) is 5.91 Å². The number of hydrogen-bond donors (Lipinski definition) is 0. The van der Waals surface area contributed by atoms with E-state index in [1.165, 1.54) is 18.7 Å². The Kier molecular flexibility index (Phi) is 5.35. The molecule has 0 fully saturated rings. The molecule has 0 unspecified atom stereocenters. The van der Waals surface area contributed by atoms with E-state index >= 15 is 0 Å². The van der Waals surface area contributed by atoms with Gasteiger partial charge in [-0.3, -0.25) is 4.79 Å². The summed E-state index contributed by atoms with van der Waals surface area (Å²) < 4.78 is 89.6. The first-order valence-electron chi connectivity index (χ1n) is 9.22. The van der Waals surface area contributed by atoms with E-state index in [1.807, 2.05) is 0 Å². The highest BCUT2D eigenvalue weighted by Crippen LogP contribution is 2.37. The molecule has 1 aliphatic heterocycles. The summed E-state index contributed by atoms with van der Waals surface area (Å²) >= 11 is 0. The van der Waals surface area contributed by atoms with Gasteiger partial charge in [-0.2, -0.15) is 26.3 Å². The number of ether oxygens (including phenoxy) is 1. The molecule has 0 aliphatic carbocycles. The molecule has 11 heteroatoms. The van der Waals surface area contributed by atoms with Crippen LogP contribution in [0.3, 0.4) is 0 Å². The van der Waals surface area contributed by atoms with Gasteiger partial charge in [0, 0.05) is 23.9 Å². The van der Waals surface area contributed by atoms with Crippen molar-refractivity contribution in [1.29, 1.82) is 0 Å². The molecular formula is C21H14F6N2O3. The molecule has 1 aliphatic rings. The highest BCUT2D eigenvalue weighted by molar-refractivity contribution is 5.79. The van der Waals surface area contributed by atoms with Crippen molar-refractivity contribution >= 4 is 5.91 Å². The summed E-state index contributed by atoms with van der Waals surface area (Å²) in [6.45, 7) is -1.06. The van der Waals surface area contributed by atoms with Crippen LogP contribution in [0.2, 0.25) is 0 Å². The number of amides is 1. The topological polar surface area (TPSA) is 55.6 Å². The molecule has 32 heavy (non-hydrogen) atoms.